The summed E-state index contributed by atoms with van der Waals surface area (Å²) in [5.74, 6) is 0.865. The predicted molar refractivity (Wildman–Crippen MR) is 106 cm³/mol. The van der Waals surface area contributed by atoms with E-state index < -0.39 is 15.9 Å². The Bertz CT molecular complexity index is 1040. The van der Waals surface area contributed by atoms with Gasteiger partial charge in [0.05, 0.1) is 17.6 Å². The smallest absolute Gasteiger partial charge is 0.252 e. The highest BCUT2D eigenvalue weighted by molar-refractivity contribution is 7.89. The molecule has 3 heterocycles. The van der Waals surface area contributed by atoms with Gasteiger partial charge in [-0.2, -0.15) is 4.31 Å². The summed E-state index contributed by atoms with van der Waals surface area (Å²) in [6.45, 7) is 4.30. The first-order valence-corrected chi connectivity index (χ1v) is 10.7. The van der Waals surface area contributed by atoms with E-state index in [0.717, 1.165) is 24.6 Å². The summed E-state index contributed by atoms with van der Waals surface area (Å²) in [6.07, 6.45) is 1.55. The first-order valence-electron chi connectivity index (χ1n) is 9.31. The van der Waals surface area contributed by atoms with E-state index in [9.17, 15) is 13.2 Å². The lowest BCUT2D eigenvalue weighted by Gasteiger charge is -2.22. The van der Waals surface area contributed by atoms with Crippen molar-refractivity contribution in [1.82, 2.24) is 14.3 Å². The Balaban J connectivity index is 1.52. The molecule has 0 saturated carbocycles. The maximum Gasteiger partial charge on any atom is 0.252 e. The van der Waals surface area contributed by atoms with Crippen LogP contribution in [0.3, 0.4) is 0 Å². The minimum atomic E-state index is -3.72. The normalized spacial score (nSPS) is 21.9. The van der Waals surface area contributed by atoms with Crippen LogP contribution in [0.5, 0.6) is 5.75 Å². The highest BCUT2D eigenvalue weighted by Gasteiger charge is 2.44. The van der Waals surface area contributed by atoms with Crippen molar-refractivity contribution in [3.8, 4) is 5.75 Å². The van der Waals surface area contributed by atoms with Crippen molar-refractivity contribution in [2.24, 2.45) is 17.6 Å². The lowest BCUT2D eigenvalue weighted by molar-refractivity contribution is 0.0997. The van der Waals surface area contributed by atoms with Gasteiger partial charge in [0.2, 0.25) is 10.0 Å². The second kappa shape index (κ2) is 7.27. The molecule has 1 aromatic carbocycles. The molecule has 2 saturated heterocycles. The minimum Gasteiger partial charge on any atom is -0.496 e. The molecule has 2 unspecified atom stereocenters. The summed E-state index contributed by atoms with van der Waals surface area (Å²) in [4.78, 5) is 22.4. The van der Waals surface area contributed by atoms with Crippen molar-refractivity contribution >= 4 is 21.7 Å². The zero-order valence-electron chi connectivity index (χ0n) is 16.3. The molecule has 2 N–H and O–H groups in total. The van der Waals surface area contributed by atoms with Gasteiger partial charge in [0.15, 0.2) is 0 Å². The number of fused-ring (bicyclic) bond motifs is 1. The van der Waals surface area contributed by atoms with Crippen molar-refractivity contribution in [2.75, 3.05) is 38.2 Å². The van der Waals surface area contributed by atoms with E-state index in [1.165, 1.54) is 29.6 Å². The van der Waals surface area contributed by atoms with Crippen LogP contribution in [0, 0.1) is 18.8 Å². The maximum atomic E-state index is 13.1. The molecule has 0 radical (unpaired) electrons. The number of primary amides is 1. The fraction of sp³-hybridized carbons (Fsp3) is 0.421. The third-order valence-corrected chi connectivity index (χ3v) is 7.47. The molecule has 2 fully saturated rings. The summed E-state index contributed by atoms with van der Waals surface area (Å²) in [7, 11) is -2.32. The number of amides is 1. The number of rotatable bonds is 5. The summed E-state index contributed by atoms with van der Waals surface area (Å²) in [5.41, 5.74) is 6.33. The van der Waals surface area contributed by atoms with Crippen LogP contribution in [0.4, 0.5) is 5.82 Å². The summed E-state index contributed by atoms with van der Waals surface area (Å²) in [5, 5.41) is 0. The Morgan fingerprint density at radius 2 is 1.83 bits per heavy atom. The third kappa shape index (κ3) is 3.53. The quantitative estimate of drug-likeness (QED) is 0.759. The average Bonchev–Trinajstić information content (AvgIpc) is 3.27. The van der Waals surface area contributed by atoms with Crippen LogP contribution in [0.25, 0.3) is 0 Å². The van der Waals surface area contributed by atoms with E-state index in [0.29, 0.717) is 13.1 Å². The van der Waals surface area contributed by atoms with Gasteiger partial charge < -0.3 is 15.4 Å². The van der Waals surface area contributed by atoms with Gasteiger partial charge in [-0.1, -0.05) is 0 Å². The number of anilines is 1. The molecule has 0 spiro atoms. The minimum absolute atomic E-state index is 0.0513. The van der Waals surface area contributed by atoms with Crippen molar-refractivity contribution in [2.45, 2.75) is 11.8 Å². The second-order valence-corrected chi connectivity index (χ2v) is 9.43. The topological polar surface area (TPSA) is 119 Å². The van der Waals surface area contributed by atoms with Crippen LogP contribution >= 0.6 is 0 Å². The van der Waals surface area contributed by atoms with E-state index in [1.54, 1.807) is 6.33 Å². The van der Waals surface area contributed by atoms with Gasteiger partial charge in [-0.3, -0.25) is 4.79 Å². The van der Waals surface area contributed by atoms with Gasteiger partial charge in [0, 0.05) is 37.9 Å². The zero-order chi connectivity index (χ0) is 20.8. The molecule has 4 rings (SSSR count). The number of carbonyl (C=O) groups is 1. The Morgan fingerprint density at radius 1 is 1.14 bits per heavy atom. The van der Waals surface area contributed by atoms with Crippen LogP contribution in [0.15, 0.2) is 35.5 Å². The number of ether oxygens (including phenoxy) is 1. The second-order valence-electron chi connectivity index (χ2n) is 7.49. The van der Waals surface area contributed by atoms with Crippen LogP contribution in [0.1, 0.15) is 16.1 Å². The van der Waals surface area contributed by atoms with Crippen LogP contribution in [-0.2, 0) is 10.0 Å². The van der Waals surface area contributed by atoms with Crippen molar-refractivity contribution in [3.63, 3.8) is 0 Å². The maximum absolute atomic E-state index is 13.1. The molecule has 0 aliphatic carbocycles. The number of benzene rings is 1. The molecule has 1 aromatic heterocycles. The molecule has 2 aliphatic heterocycles. The van der Waals surface area contributed by atoms with Gasteiger partial charge in [-0.15, -0.1) is 0 Å². The molecule has 2 aliphatic rings. The number of aromatic nitrogens is 2. The number of aryl methyl sites for hydroxylation is 1. The number of nitrogens with zero attached hydrogens (tertiary/aromatic N) is 4. The average molecular weight is 417 g/mol. The Hall–Kier alpha value is -2.72. The van der Waals surface area contributed by atoms with Crippen molar-refractivity contribution in [1.29, 1.82) is 0 Å². The first-order chi connectivity index (χ1) is 13.8. The van der Waals surface area contributed by atoms with Gasteiger partial charge in [0.1, 0.15) is 17.9 Å². The Morgan fingerprint density at radius 3 is 2.41 bits per heavy atom. The molecule has 1 amide bonds. The lowest BCUT2D eigenvalue weighted by atomic mass is 10.0. The van der Waals surface area contributed by atoms with Crippen LogP contribution in [0.2, 0.25) is 0 Å². The van der Waals surface area contributed by atoms with Crippen LogP contribution < -0.4 is 15.4 Å². The standard InChI is InChI=1S/C19H23N5O4S/c1-12-5-18(22-11-21-12)23-7-13-9-24(10-14(13)8-23)29(26,27)15-3-4-17(28-2)16(6-15)19(20)25/h3-6,11,13-14H,7-10H2,1-2H3,(H2,20,25). The largest absolute Gasteiger partial charge is 0.496 e. The molecular formula is C19H23N5O4S. The molecule has 29 heavy (non-hydrogen) atoms. The van der Waals surface area contributed by atoms with E-state index in [1.807, 2.05) is 13.0 Å². The number of hydrogen-bond acceptors (Lipinski definition) is 7. The highest BCUT2D eigenvalue weighted by Crippen LogP contribution is 2.36. The molecule has 10 heteroatoms. The summed E-state index contributed by atoms with van der Waals surface area (Å²) < 4.78 is 32.9. The van der Waals surface area contributed by atoms with E-state index in [4.69, 9.17) is 10.5 Å². The molecule has 9 nitrogen and oxygen atoms in total. The fourth-order valence-corrected chi connectivity index (χ4v) is 5.72. The molecule has 0 bridgehead atoms. The predicted octanol–water partition coefficient (Wildman–Crippen LogP) is 0.649. The Kier molecular flexibility index (Phi) is 4.91. The van der Waals surface area contributed by atoms with Gasteiger partial charge in [-0.05, 0) is 37.0 Å². The number of sulfonamides is 1. The summed E-state index contributed by atoms with van der Waals surface area (Å²) >= 11 is 0. The monoisotopic (exact) mass is 417 g/mol. The third-order valence-electron chi connectivity index (χ3n) is 5.64. The van der Waals surface area contributed by atoms with E-state index >= 15 is 0 Å². The van der Waals surface area contributed by atoms with Crippen molar-refractivity contribution < 1.29 is 17.9 Å². The molecule has 154 valence electrons. The number of nitrogens with two attached hydrogens (primary N) is 1. The SMILES string of the molecule is COc1ccc(S(=O)(=O)N2CC3CN(c4cc(C)ncn4)CC3C2)cc1C(N)=O. The molecular weight excluding hydrogens is 394 g/mol. The number of hydrogen-bond donors (Lipinski definition) is 1. The highest BCUT2D eigenvalue weighted by atomic mass is 32.2. The van der Waals surface area contributed by atoms with E-state index in [2.05, 4.69) is 14.9 Å². The number of carbonyl (C=O) groups excluding carboxylic acids is 1. The van der Waals surface area contributed by atoms with E-state index in [-0.39, 0.29) is 28.0 Å². The van der Waals surface area contributed by atoms with Crippen LogP contribution in [-0.4, -0.2) is 61.9 Å². The number of methoxy groups -OCH3 is 1. The summed E-state index contributed by atoms with van der Waals surface area (Å²) in [6, 6.07) is 6.15. The van der Waals surface area contributed by atoms with Crippen molar-refractivity contribution in [3.05, 3.63) is 41.9 Å². The fourth-order valence-electron chi connectivity index (χ4n) is 4.14. The molecule has 2 aromatic rings. The zero-order valence-corrected chi connectivity index (χ0v) is 17.1. The lowest BCUT2D eigenvalue weighted by Crippen LogP contribution is -2.33. The molecule has 2 atom stereocenters. The Labute approximate surface area is 169 Å². The van der Waals surface area contributed by atoms with Gasteiger partial charge >= 0.3 is 0 Å². The van der Waals surface area contributed by atoms with Gasteiger partial charge in [-0.25, -0.2) is 18.4 Å². The first kappa shape index (κ1) is 19.6. The van der Waals surface area contributed by atoms with Gasteiger partial charge in [0.25, 0.3) is 5.91 Å².